The van der Waals surface area contributed by atoms with Gasteiger partial charge in [-0.25, -0.2) is 13.1 Å². The lowest BCUT2D eigenvalue weighted by atomic mass is 10.3. The molecular formula is C9H16N4O2S2. The molecule has 3 N–H and O–H groups in total. The summed E-state index contributed by atoms with van der Waals surface area (Å²) >= 11 is 4.67. The molecule has 0 aliphatic heterocycles. The highest BCUT2D eigenvalue weighted by Crippen LogP contribution is 2.07. The number of hydrogen-bond donors (Lipinski definition) is 2. The van der Waals surface area contributed by atoms with Gasteiger partial charge in [0.2, 0.25) is 10.0 Å². The molecular weight excluding hydrogens is 260 g/mol. The Balaban J connectivity index is 2.75. The van der Waals surface area contributed by atoms with E-state index in [1.54, 1.807) is 17.9 Å². The monoisotopic (exact) mass is 276 g/mol. The molecule has 96 valence electrons. The SMILES string of the molecule is Cc1c(CNS(=O)(=O)C(C)C(N)=S)cnn1C. The number of aromatic nitrogens is 2. The highest BCUT2D eigenvalue weighted by molar-refractivity contribution is 7.93. The van der Waals surface area contributed by atoms with Crippen molar-refractivity contribution >= 4 is 27.2 Å². The lowest BCUT2D eigenvalue weighted by Gasteiger charge is -2.12. The molecule has 0 bridgehead atoms. The van der Waals surface area contributed by atoms with Crippen LogP contribution in [0.1, 0.15) is 18.2 Å². The molecule has 0 radical (unpaired) electrons. The number of aryl methyl sites for hydroxylation is 1. The van der Waals surface area contributed by atoms with Crippen LogP contribution >= 0.6 is 12.2 Å². The van der Waals surface area contributed by atoms with Crippen molar-refractivity contribution in [2.24, 2.45) is 12.8 Å². The maximum Gasteiger partial charge on any atom is 0.221 e. The molecule has 17 heavy (non-hydrogen) atoms. The molecule has 1 aromatic rings. The van der Waals surface area contributed by atoms with Crippen LogP contribution in [0.25, 0.3) is 0 Å². The molecule has 1 unspecified atom stereocenters. The van der Waals surface area contributed by atoms with Crippen molar-refractivity contribution in [3.8, 4) is 0 Å². The van der Waals surface area contributed by atoms with Gasteiger partial charge in [0.25, 0.3) is 0 Å². The van der Waals surface area contributed by atoms with E-state index in [9.17, 15) is 8.42 Å². The summed E-state index contributed by atoms with van der Waals surface area (Å²) in [7, 11) is -1.72. The predicted octanol–water partition coefficient (Wildman–Crippen LogP) is -0.177. The van der Waals surface area contributed by atoms with Crippen molar-refractivity contribution in [1.82, 2.24) is 14.5 Å². The number of hydrogen-bond acceptors (Lipinski definition) is 4. The minimum Gasteiger partial charge on any atom is -0.392 e. The Morgan fingerprint density at radius 3 is 2.71 bits per heavy atom. The van der Waals surface area contributed by atoms with Crippen LogP contribution in [0.2, 0.25) is 0 Å². The molecule has 1 aromatic heterocycles. The number of sulfonamides is 1. The van der Waals surface area contributed by atoms with Crippen LogP contribution in [0.5, 0.6) is 0 Å². The average Bonchev–Trinajstić information content (AvgIpc) is 2.56. The largest absolute Gasteiger partial charge is 0.392 e. The van der Waals surface area contributed by atoms with Gasteiger partial charge in [0.15, 0.2) is 0 Å². The smallest absolute Gasteiger partial charge is 0.221 e. The highest BCUT2D eigenvalue weighted by Gasteiger charge is 2.23. The summed E-state index contributed by atoms with van der Waals surface area (Å²) in [6.45, 7) is 3.52. The first-order chi connectivity index (χ1) is 7.75. The molecule has 0 aromatic carbocycles. The second kappa shape index (κ2) is 5.11. The molecule has 0 fully saturated rings. The van der Waals surface area contributed by atoms with Gasteiger partial charge >= 0.3 is 0 Å². The minimum atomic E-state index is -3.52. The number of nitrogens with one attached hydrogen (secondary N) is 1. The van der Waals surface area contributed by atoms with Crippen LogP contribution in [0, 0.1) is 6.92 Å². The van der Waals surface area contributed by atoms with Crippen LogP contribution in [0.4, 0.5) is 0 Å². The van der Waals surface area contributed by atoms with Crippen molar-refractivity contribution in [2.45, 2.75) is 25.6 Å². The van der Waals surface area contributed by atoms with E-state index < -0.39 is 15.3 Å². The van der Waals surface area contributed by atoms with E-state index >= 15 is 0 Å². The van der Waals surface area contributed by atoms with Crippen molar-refractivity contribution < 1.29 is 8.42 Å². The van der Waals surface area contributed by atoms with Crippen molar-refractivity contribution in [3.63, 3.8) is 0 Å². The molecule has 1 rings (SSSR count). The zero-order valence-electron chi connectivity index (χ0n) is 9.97. The van der Waals surface area contributed by atoms with Crippen LogP contribution in [-0.2, 0) is 23.6 Å². The van der Waals surface area contributed by atoms with Crippen LogP contribution < -0.4 is 10.5 Å². The Kier molecular flexibility index (Phi) is 4.23. The predicted molar refractivity (Wildman–Crippen MR) is 70.0 cm³/mol. The van der Waals surface area contributed by atoms with E-state index in [-0.39, 0.29) is 11.5 Å². The second-order valence-electron chi connectivity index (χ2n) is 3.79. The fourth-order valence-electron chi connectivity index (χ4n) is 1.17. The maximum absolute atomic E-state index is 11.8. The normalized spacial score (nSPS) is 13.6. The first kappa shape index (κ1) is 14.1. The van der Waals surface area contributed by atoms with Gasteiger partial charge in [0.1, 0.15) is 5.25 Å². The summed E-state index contributed by atoms with van der Waals surface area (Å²) in [6.07, 6.45) is 1.63. The summed E-state index contributed by atoms with van der Waals surface area (Å²) in [6, 6.07) is 0. The second-order valence-corrected chi connectivity index (χ2v) is 6.35. The minimum absolute atomic E-state index is 0.0413. The van der Waals surface area contributed by atoms with E-state index in [0.29, 0.717) is 0 Å². The van der Waals surface area contributed by atoms with Gasteiger partial charge in [-0.15, -0.1) is 0 Å². The van der Waals surface area contributed by atoms with Crippen LogP contribution in [0.3, 0.4) is 0 Å². The Hall–Kier alpha value is -0.990. The Morgan fingerprint density at radius 2 is 2.29 bits per heavy atom. The summed E-state index contributed by atoms with van der Waals surface area (Å²) in [5.74, 6) is 0. The number of rotatable bonds is 5. The lowest BCUT2D eigenvalue weighted by molar-refractivity contribution is 0.578. The molecule has 0 aliphatic rings. The zero-order chi connectivity index (χ0) is 13.2. The van der Waals surface area contributed by atoms with Gasteiger partial charge in [0, 0.05) is 24.8 Å². The van der Waals surface area contributed by atoms with Gasteiger partial charge in [-0.1, -0.05) is 12.2 Å². The molecule has 0 saturated heterocycles. The summed E-state index contributed by atoms with van der Waals surface area (Å²) in [5.41, 5.74) is 7.06. The van der Waals surface area contributed by atoms with Gasteiger partial charge in [-0.3, -0.25) is 4.68 Å². The quantitative estimate of drug-likeness (QED) is 0.728. The van der Waals surface area contributed by atoms with Gasteiger partial charge in [0.05, 0.1) is 11.2 Å². The number of nitrogens with two attached hydrogens (primary N) is 1. The topological polar surface area (TPSA) is 90.0 Å². The molecule has 0 aliphatic carbocycles. The third-order valence-electron chi connectivity index (χ3n) is 2.67. The van der Waals surface area contributed by atoms with E-state index in [4.69, 9.17) is 5.73 Å². The fourth-order valence-corrected chi connectivity index (χ4v) is 2.47. The standard InChI is InChI=1S/C9H16N4O2S2/c1-6-8(4-11-13(6)3)5-12-17(14,15)7(2)9(10)16/h4,7,12H,5H2,1-3H3,(H2,10,16). The molecule has 0 saturated carbocycles. The van der Waals surface area contributed by atoms with Crippen LogP contribution in [0.15, 0.2) is 6.20 Å². The van der Waals surface area contributed by atoms with Gasteiger partial charge in [-0.2, -0.15) is 5.10 Å². The van der Waals surface area contributed by atoms with Gasteiger partial charge < -0.3 is 5.73 Å². The summed E-state index contributed by atoms with van der Waals surface area (Å²) in [4.78, 5) is -0.0413. The van der Waals surface area contributed by atoms with Crippen molar-refractivity contribution in [2.75, 3.05) is 0 Å². The fraction of sp³-hybridized carbons (Fsp3) is 0.556. The third kappa shape index (κ3) is 3.24. The molecule has 1 atom stereocenters. The summed E-state index contributed by atoms with van der Waals surface area (Å²) < 4.78 is 27.7. The molecule has 1 heterocycles. The van der Waals surface area contributed by atoms with Crippen molar-refractivity contribution in [3.05, 3.63) is 17.5 Å². The zero-order valence-corrected chi connectivity index (χ0v) is 11.6. The number of thiocarbonyl (C=S) groups is 1. The molecule has 0 spiro atoms. The third-order valence-corrected chi connectivity index (χ3v) is 4.90. The molecule has 8 heteroatoms. The first-order valence-electron chi connectivity index (χ1n) is 5.01. The van der Waals surface area contributed by atoms with E-state index in [1.165, 1.54) is 6.92 Å². The van der Waals surface area contributed by atoms with E-state index in [0.717, 1.165) is 11.3 Å². The lowest BCUT2D eigenvalue weighted by Crippen LogP contribution is -2.39. The Labute approximate surface area is 106 Å². The van der Waals surface area contributed by atoms with Crippen molar-refractivity contribution in [1.29, 1.82) is 0 Å². The van der Waals surface area contributed by atoms with E-state index in [2.05, 4.69) is 22.0 Å². The molecule has 6 nitrogen and oxygen atoms in total. The Bertz CT molecular complexity index is 521. The summed E-state index contributed by atoms with van der Waals surface area (Å²) in [5, 5.41) is 3.15. The average molecular weight is 276 g/mol. The number of nitrogens with zero attached hydrogens (tertiary/aromatic N) is 2. The maximum atomic E-state index is 11.8. The molecule has 0 amide bonds. The van der Waals surface area contributed by atoms with Crippen LogP contribution in [-0.4, -0.2) is 28.4 Å². The highest BCUT2D eigenvalue weighted by atomic mass is 32.2. The van der Waals surface area contributed by atoms with Gasteiger partial charge in [-0.05, 0) is 13.8 Å². The van der Waals surface area contributed by atoms with E-state index in [1.807, 2.05) is 6.92 Å². The first-order valence-corrected chi connectivity index (χ1v) is 6.96. The Morgan fingerprint density at radius 1 is 1.71 bits per heavy atom.